The zero-order valence-corrected chi connectivity index (χ0v) is 14.3. The van der Waals surface area contributed by atoms with Crippen molar-refractivity contribution in [3.63, 3.8) is 0 Å². The maximum absolute atomic E-state index is 12.4. The molecule has 1 amide bonds. The summed E-state index contributed by atoms with van der Waals surface area (Å²) >= 11 is 0. The molecule has 28 heavy (non-hydrogen) atoms. The largest absolute Gasteiger partial charge is 0.478 e. The molecule has 0 bridgehead atoms. The van der Waals surface area contributed by atoms with Crippen LogP contribution >= 0.6 is 0 Å². The van der Waals surface area contributed by atoms with E-state index in [-0.39, 0.29) is 23.3 Å². The summed E-state index contributed by atoms with van der Waals surface area (Å²) in [6.45, 7) is 0. The number of amides is 1. The highest BCUT2D eigenvalue weighted by Crippen LogP contribution is 2.26. The number of hydrogen-bond donors (Lipinski definition) is 2. The Hall–Kier alpha value is -4.20. The standard InChI is InChI=1S/C20H13N3O5/c24-17(12-6-8-13(9-7-12)20(25)26)21-15-4-1-3-14(11-15)18-22-23-19(28-18)16-5-2-10-27-16/h1-11H,(H,21,24)(H,25,26). The third-order valence-corrected chi connectivity index (χ3v) is 3.92. The number of anilines is 1. The molecule has 0 radical (unpaired) electrons. The number of nitrogens with zero attached hydrogens (tertiary/aromatic N) is 2. The van der Waals surface area contributed by atoms with Gasteiger partial charge in [-0.2, -0.15) is 0 Å². The van der Waals surface area contributed by atoms with Crippen molar-refractivity contribution in [3.05, 3.63) is 78.1 Å². The second-order valence-corrected chi connectivity index (χ2v) is 5.81. The number of carbonyl (C=O) groups is 2. The molecule has 8 heteroatoms. The van der Waals surface area contributed by atoms with E-state index in [1.54, 1.807) is 36.4 Å². The lowest BCUT2D eigenvalue weighted by Gasteiger charge is -2.06. The first kappa shape index (κ1) is 17.2. The fraction of sp³-hybridized carbons (Fsp3) is 0. The molecule has 2 N–H and O–H groups in total. The topological polar surface area (TPSA) is 118 Å². The first-order chi connectivity index (χ1) is 13.6. The minimum Gasteiger partial charge on any atom is -0.478 e. The fourth-order valence-corrected chi connectivity index (χ4v) is 2.54. The summed E-state index contributed by atoms with van der Waals surface area (Å²) in [6.07, 6.45) is 1.51. The normalized spacial score (nSPS) is 10.6. The summed E-state index contributed by atoms with van der Waals surface area (Å²) in [4.78, 5) is 23.3. The van der Waals surface area contributed by atoms with Crippen molar-refractivity contribution in [1.82, 2.24) is 10.2 Å². The molecule has 8 nitrogen and oxygen atoms in total. The molecule has 0 spiro atoms. The zero-order chi connectivity index (χ0) is 19.5. The van der Waals surface area contributed by atoms with Crippen LogP contribution in [-0.2, 0) is 0 Å². The van der Waals surface area contributed by atoms with Crippen molar-refractivity contribution < 1.29 is 23.5 Å². The molecule has 4 aromatic rings. The van der Waals surface area contributed by atoms with E-state index in [1.807, 2.05) is 0 Å². The third-order valence-electron chi connectivity index (χ3n) is 3.92. The van der Waals surface area contributed by atoms with Crippen molar-refractivity contribution in [2.24, 2.45) is 0 Å². The Bertz CT molecular complexity index is 1130. The van der Waals surface area contributed by atoms with Crippen LogP contribution in [0.3, 0.4) is 0 Å². The second-order valence-electron chi connectivity index (χ2n) is 5.81. The Kier molecular flexibility index (Phi) is 4.43. The van der Waals surface area contributed by atoms with Crippen molar-refractivity contribution >= 4 is 17.6 Å². The Balaban J connectivity index is 1.52. The monoisotopic (exact) mass is 375 g/mol. The van der Waals surface area contributed by atoms with Gasteiger partial charge >= 0.3 is 5.97 Å². The lowest BCUT2D eigenvalue weighted by molar-refractivity contribution is 0.0696. The van der Waals surface area contributed by atoms with Gasteiger partial charge in [0.15, 0.2) is 5.76 Å². The summed E-state index contributed by atoms with van der Waals surface area (Å²) in [5, 5.41) is 19.6. The molecule has 2 heterocycles. The number of aromatic carboxylic acids is 1. The summed E-state index contributed by atoms with van der Waals surface area (Å²) < 4.78 is 10.8. The van der Waals surface area contributed by atoms with Gasteiger partial charge in [0.25, 0.3) is 11.8 Å². The van der Waals surface area contributed by atoms with Gasteiger partial charge in [0.1, 0.15) is 0 Å². The minimum atomic E-state index is -1.05. The van der Waals surface area contributed by atoms with E-state index in [0.29, 0.717) is 22.6 Å². The maximum Gasteiger partial charge on any atom is 0.335 e. The smallest absolute Gasteiger partial charge is 0.335 e. The molecule has 0 saturated heterocycles. The van der Waals surface area contributed by atoms with Crippen molar-refractivity contribution in [3.8, 4) is 23.1 Å². The number of rotatable bonds is 5. The van der Waals surface area contributed by atoms with Gasteiger partial charge in [0.05, 0.1) is 11.8 Å². The van der Waals surface area contributed by atoms with Gasteiger partial charge in [-0.1, -0.05) is 6.07 Å². The molecule has 138 valence electrons. The molecule has 0 atom stereocenters. The van der Waals surface area contributed by atoms with Crippen LogP contribution in [0.15, 0.2) is 75.8 Å². The number of hydrogen-bond acceptors (Lipinski definition) is 6. The van der Waals surface area contributed by atoms with Crippen LogP contribution in [0.5, 0.6) is 0 Å². The molecule has 0 unspecified atom stereocenters. The molecule has 2 aromatic heterocycles. The molecular formula is C20H13N3O5. The quantitative estimate of drug-likeness (QED) is 0.542. The number of carbonyl (C=O) groups excluding carboxylic acids is 1. The molecule has 0 fully saturated rings. The molecular weight excluding hydrogens is 362 g/mol. The molecule has 0 aliphatic rings. The second kappa shape index (κ2) is 7.20. The van der Waals surface area contributed by atoms with E-state index < -0.39 is 5.97 Å². The minimum absolute atomic E-state index is 0.113. The third kappa shape index (κ3) is 3.51. The number of nitrogens with one attached hydrogen (secondary N) is 1. The van der Waals surface area contributed by atoms with Gasteiger partial charge in [0.2, 0.25) is 5.89 Å². The Morgan fingerprint density at radius 2 is 1.64 bits per heavy atom. The van der Waals surface area contributed by atoms with Gasteiger partial charge in [-0.05, 0) is 54.6 Å². The lowest BCUT2D eigenvalue weighted by Crippen LogP contribution is -2.12. The zero-order valence-electron chi connectivity index (χ0n) is 14.3. The summed E-state index contributed by atoms with van der Waals surface area (Å²) in [6, 6.07) is 16.0. The lowest BCUT2D eigenvalue weighted by atomic mass is 10.1. The van der Waals surface area contributed by atoms with Gasteiger partial charge in [-0.3, -0.25) is 4.79 Å². The number of carboxylic acid groups (broad SMARTS) is 1. The highest BCUT2D eigenvalue weighted by Gasteiger charge is 2.14. The predicted octanol–water partition coefficient (Wildman–Crippen LogP) is 3.95. The van der Waals surface area contributed by atoms with Crippen molar-refractivity contribution in [2.45, 2.75) is 0 Å². The van der Waals surface area contributed by atoms with E-state index in [1.165, 1.54) is 30.5 Å². The van der Waals surface area contributed by atoms with Crippen LogP contribution in [0.1, 0.15) is 20.7 Å². The van der Waals surface area contributed by atoms with Crippen LogP contribution in [0, 0.1) is 0 Å². The van der Waals surface area contributed by atoms with Gasteiger partial charge < -0.3 is 19.3 Å². The predicted molar refractivity (Wildman–Crippen MR) is 98.8 cm³/mol. The average Bonchev–Trinajstić information content (AvgIpc) is 3.40. The van der Waals surface area contributed by atoms with E-state index in [9.17, 15) is 9.59 Å². The van der Waals surface area contributed by atoms with Crippen LogP contribution in [0.4, 0.5) is 5.69 Å². The van der Waals surface area contributed by atoms with Crippen LogP contribution in [-0.4, -0.2) is 27.2 Å². The number of furan rings is 1. The Morgan fingerprint density at radius 1 is 0.893 bits per heavy atom. The molecule has 0 aliphatic carbocycles. The van der Waals surface area contributed by atoms with E-state index in [2.05, 4.69) is 15.5 Å². The molecule has 0 aliphatic heterocycles. The van der Waals surface area contributed by atoms with Crippen LogP contribution in [0.25, 0.3) is 23.1 Å². The number of aromatic nitrogens is 2. The Morgan fingerprint density at radius 3 is 2.36 bits per heavy atom. The summed E-state index contributed by atoms with van der Waals surface area (Å²) in [5.74, 6) is -0.404. The first-order valence-electron chi connectivity index (χ1n) is 8.23. The SMILES string of the molecule is O=C(O)c1ccc(C(=O)Nc2cccc(-c3nnc(-c4ccco4)o3)c2)cc1. The highest BCUT2D eigenvalue weighted by atomic mass is 16.4. The van der Waals surface area contributed by atoms with Gasteiger partial charge in [0, 0.05) is 16.8 Å². The maximum atomic E-state index is 12.4. The van der Waals surface area contributed by atoms with E-state index in [0.717, 1.165) is 0 Å². The van der Waals surface area contributed by atoms with Crippen LogP contribution in [0.2, 0.25) is 0 Å². The van der Waals surface area contributed by atoms with E-state index >= 15 is 0 Å². The summed E-state index contributed by atoms with van der Waals surface area (Å²) in [7, 11) is 0. The molecule has 2 aromatic carbocycles. The van der Waals surface area contributed by atoms with Crippen molar-refractivity contribution in [2.75, 3.05) is 5.32 Å². The first-order valence-corrected chi connectivity index (χ1v) is 8.23. The van der Waals surface area contributed by atoms with Crippen molar-refractivity contribution in [1.29, 1.82) is 0 Å². The van der Waals surface area contributed by atoms with Gasteiger partial charge in [-0.25, -0.2) is 4.79 Å². The molecule has 4 rings (SSSR count). The van der Waals surface area contributed by atoms with Gasteiger partial charge in [-0.15, -0.1) is 10.2 Å². The van der Waals surface area contributed by atoms with E-state index in [4.69, 9.17) is 13.9 Å². The Labute approximate surface area is 158 Å². The number of benzene rings is 2. The summed E-state index contributed by atoms with van der Waals surface area (Å²) in [5.41, 5.74) is 1.61. The number of carboxylic acids is 1. The molecule has 0 saturated carbocycles. The highest BCUT2D eigenvalue weighted by molar-refractivity contribution is 6.05. The fourth-order valence-electron chi connectivity index (χ4n) is 2.54. The average molecular weight is 375 g/mol. The van der Waals surface area contributed by atoms with Crippen LogP contribution < -0.4 is 5.32 Å².